The number of ketones is 1. The molecule has 2 heterocycles. The average Bonchev–Trinajstić information content (AvgIpc) is 3.17. The first-order valence-electron chi connectivity index (χ1n) is 10.2. The molecule has 2 aliphatic rings. The molecule has 0 spiro atoms. The molecular weight excluding hydrogens is 415 g/mol. The molecule has 0 saturated heterocycles. The van der Waals surface area contributed by atoms with Gasteiger partial charge in [-0.25, -0.2) is 9.02 Å². The summed E-state index contributed by atoms with van der Waals surface area (Å²) in [5.74, 6) is 1.59. The Kier molecular flexibility index (Phi) is 5.01. The number of carbonyl (C=O) groups excluding carboxylic acids is 1. The van der Waals surface area contributed by atoms with E-state index in [0.717, 1.165) is 16.8 Å². The third-order valence-corrected chi connectivity index (χ3v) is 5.93. The molecule has 9 heteroatoms. The number of nitrogens with zero attached hydrogens (tertiary/aromatic N) is 2. The van der Waals surface area contributed by atoms with Crippen molar-refractivity contribution in [2.75, 3.05) is 24.9 Å². The van der Waals surface area contributed by atoms with Gasteiger partial charge >= 0.3 is 0 Å². The normalized spacial score (nSPS) is 19.9. The topological polar surface area (TPSA) is 98.5 Å². The van der Waals surface area contributed by atoms with Gasteiger partial charge in [0.15, 0.2) is 5.78 Å². The van der Waals surface area contributed by atoms with E-state index in [9.17, 15) is 9.18 Å². The number of allylic oxidation sites excluding steroid dienone is 1. The second-order valence-corrected chi connectivity index (χ2v) is 7.74. The predicted molar refractivity (Wildman–Crippen MR) is 114 cm³/mol. The summed E-state index contributed by atoms with van der Waals surface area (Å²) < 4.78 is 29.2. The molecule has 5 rings (SSSR count). The van der Waals surface area contributed by atoms with Crippen LogP contribution in [0.2, 0.25) is 0 Å². The maximum absolute atomic E-state index is 13.5. The summed E-state index contributed by atoms with van der Waals surface area (Å²) in [6, 6.07) is 11.2. The molecule has 0 bridgehead atoms. The van der Waals surface area contributed by atoms with Crippen LogP contribution in [-0.4, -0.2) is 30.3 Å². The van der Waals surface area contributed by atoms with Crippen molar-refractivity contribution in [3.05, 3.63) is 70.7 Å². The molecule has 2 atom stereocenters. The van der Waals surface area contributed by atoms with Crippen molar-refractivity contribution in [1.29, 1.82) is 0 Å². The summed E-state index contributed by atoms with van der Waals surface area (Å²) in [7, 11) is 3.15. The van der Waals surface area contributed by atoms with Gasteiger partial charge in [-0.15, -0.1) is 0 Å². The lowest BCUT2D eigenvalue weighted by Gasteiger charge is -2.30. The third-order valence-electron chi connectivity index (χ3n) is 5.93. The van der Waals surface area contributed by atoms with Crippen molar-refractivity contribution in [3.63, 3.8) is 0 Å². The summed E-state index contributed by atoms with van der Waals surface area (Å²) in [5, 5.41) is 14.4. The van der Waals surface area contributed by atoms with Crippen molar-refractivity contribution < 1.29 is 23.3 Å². The van der Waals surface area contributed by atoms with Crippen molar-refractivity contribution in [3.8, 4) is 11.5 Å². The summed E-state index contributed by atoms with van der Waals surface area (Å²) in [4.78, 5) is 13.5. The Morgan fingerprint density at radius 3 is 2.56 bits per heavy atom. The van der Waals surface area contributed by atoms with Crippen LogP contribution in [0.5, 0.6) is 11.5 Å². The van der Waals surface area contributed by atoms with E-state index in [1.54, 1.807) is 32.4 Å². The fourth-order valence-electron chi connectivity index (χ4n) is 4.36. The summed E-state index contributed by atoms with van der Waals surface area (Å²) in [6.07, 6.45) is 0.855. The van der Waals surface area contributed by atoms with Gasteiger partial charge in [-0.2, -0.15) is 0 Å². The number of benzene rings is 2. The molecule has 3 aromatic rings. The van der Waals surface area contributed by atoms with Crippen molar-refractivity contribution >= 4 is 17.4 Å². The van der Waals surface area contributed by atoms with Crippen LogP contribution < -0.4 is 20.1 Å². The van der Waals surface area contributed by atoms with E-state index >= 15 is 0 Å². The highest BCUT2D eigenvalue weighted by Gasteiger charge is 2.38. The van der Waals surface area contributed by atoms with E-state index < -0.39 is 6.04 Å². The van der Waals surface area contributed by atoms with Gasteiger partial charge in [0.2, 0.25) is 11.6 Å². The Bertz CT molecular complexity index is 1200. The number of carbonyl (C=O) groups is 1. The molecule has 0 unspecified atom stereocenters. The van der Waals surface area contributed by atoms with Crippen molar-refractivity contribution in [2.24, 2.45) is 0 Å². The first-order valence-corrected chi connectivity index (χ1v) is 10.2. The highest BCUT2D eigenvalue weighted by molar-refractivity contribution is 6.01. The van der Waals surface area contributed by atoms with Crippen LogP contribution in [-0.2, 0) is 4.79 Å². The minimum Gasteiger partial charge on any atom is -0.497 e. The van der Waals surface area contributed by atoms with E-state index in [-0.39, 0.29) is 17.5 Å². The predicted octanol–water partition coefficient (Wildman–Crippen LogP) is 4.21. The Morgan fingerprint density at radius 2 is 1.81 bits per heavy atom. The molecule has 32 heavy (non-hydrogen) atoms. The molecule has 2 N–H and O–H groups in total. The van der Waals surface area contributed by atoms with Gasteiger partial charge < -0.3 is 20.1 Å². The molecule has 2 aromatic carbocycles. The minimum atomic E-state index is -0.534. The maximum Gasteiger partial charge on any atom is 0.219 e. The highest BCUT2D eigenvalue weighted by Crippen LogP contribution is 2.45. The monoisotopic (exact) mass is 436 g/mol. The van der Waals surface area contributed by atoms with Gasteiger partial charge in [-0.1, -0.05) is 12.1 Å². The number of nitrogens with one attached hydrogen (secondary N) is 2. The first-order chi connectivity index (χ1) is 15.6. The SMILES string of the molecule is COc1ccc([C@H]2Nc3nonc3NC3=C2C(=O)C[C@H](c2ccc(F)cc2)C3)c(OC)c1. The molecule has 164 valence electrons. The average molecular weight is 436 g/mol. The Hall–Kier alpha value is -3.88. The standard InChI is InChI=1S/C23H21FN4O4/c1-30-15-7-8-16(19(11-15)31-2)21-20-17(25-22-23(26-21)28-32-27-22)9-13(10-18(20)29)12-3-5-14(24)6-4-12/h3-8,11,13,21H,9-10H2,1-2H3,(H,25,27)(H,26,28)/t13-,21-/m1/s1. The second-order valence-electron chi connectivity index (χ2n) is 7.74. The lowest BCUT2D eigenvalue weighted by atomic mass is 9.78. The zero-order valence-electron chi connectivity index (χ0n) is 17.5. The summed E-state index contributed by atoms with van der Waals surface area (Å²) in [5.41, 5.74) is 2.97. The van der Waals surface area contributed by atoms with Crippen LogP contribution in [0.3, 0.4) is 0 Å². The van der Waals surface area contributed by atoms with E-state index in [1.807, 2.05) is 12.1 Å². The third kappa shape index (κ3) is 3.45. The number of ether oxygens (including phenoxy) is 2. The number of hydrogen-bond donors (Lipinski definition) is 2. The van der Waals surface area contributed by atoms with E-state index in [2.05, 4.69) is 20.9 Å². The van der Waals surface area contributed by atoms with Gasteiger partial charge in [0.1, 0.15) is 17.3 Å². The molecular formula is C23H21FN4O4. The maximum atomic E-state index is 13.5. The number of anilines is 2. The smallest absolute Gasteiger partial charge is 0.219 e. The molecule has 1 aromatic heterocycles. The Labute approximate surface area is 183 Å². The lowest BCUT2D eigenvalue weighted by Crippen LogP contribution is -2.27. The summed E-state index contributed by atoms with van der Waals surface area (Å²) >= 11 is 0. The second kappa shape index (κ2) is 7.99. The van der Waals surface area contributed by atoms with Crippen molar-refractivity contribution in [2.45, 2.75) is 24.8 Å². The quantitative estimate of drug-likeness (QED) is 0.628. The lowest BCUT2D eigenvalue weighted by molar-refractivity contribution is -0.116. The number of aromatic nitrogens is 2. The molecule has 0 amide bonds. The van der Waals surface area contributed by atoms with Gasteiger partial charge in [0, 0.05) is 29.3 Å². The largest absolute Gasteiger partial charge is 0.497 e. The Morgan fingerprint density at radius 1 is 1.03 bits per heavy atom. The highest BCUT2D eigenvalue weighted by atomic mass is 19.1. The van der Waals surface area contributed by atoms with E-state index in [4.69, 9.17) is 14.1 Å². The van der Waals surface area contributed by atoms with E-state index in [0.29, 0.717) is 41.5 Å². The molecule has 1 aliphatic heterocycles. The zero-order chi connectivity index (χ0) is 22.2. The number of methoxy groups -OCH3 is 2. The van der Waals surface area contributed by atoms with Crippen LogP contribution in [0.25, 0.3) is 0 Å². The Balaban J connectivity index is 1.61. The van der Waals surface area contributed by atoms with Crippen LogP contribution in [0.15, 0.2) is 58.4 Å². The number of halogens is 1. The molecule has 8 nitrogen and oxygen atoms in total. The number of rotatable bonds is 4. The number of fused-ring (bicyclic) bond motifs is 1. The first kappa shape index (κ1) is 20.0. The van der Waals surface area contributed by atoms with Crippen LogP contribution in [0, 0.1) is 5.82 Å². The van der Waals surface area contributed by atoms with Crippen LogP contribution in [0.4, 0.5) is 16.0 Å². The molecule has 1 aliphatic carbocycles. The zero-order valence-corrected chi connectivity index (χ0v) is 17.5. The summed E-state index contributed by atoms with van der Waals surface area (Å²) in [6.45, 7) is 0. The molecule has 0 saturated carbocycles. The minimum absolute atomic E-state index is 0.0227. The van der Waals surface area contributed by atoms with Gasteiger partial charge in [-0.3, -0.25) is 4.79 Å². The van der Waals surface area contributed by atoms with Crippen LogP contribution >= 0.6 is 0 Å². The van der Waals surface area contributed by atoms with Crippen molar-refractivity contribution in [1.82, 2.24) is 10.3 Å². The van der Waals surface area contributed by atoms with Gasteiger partial charge in [0.05, 0.1) is 20.3 Å². The van der Waals surface area contributed by atoms with Gasteiger partial charge in [0.25, 0.3) is 0 Å². The number of Topliss-reactive ketones (excluding diaryl/α,β-unsaturated/α-hetero) is 1. The fraction of sp³-hybridized carbons (Fsp3) is 0.261. The van der Waals surface area contributed by atoms with Gasteiger partial charge in [-0.05, 0) is 52.5 Å². The van der Waals surface area contributed by atoms with E-state index in [1.165, 1.54) is 12.1 Å². The van der Waals surface area contributed by atoms with Crippen LogP contribution in [0.1, 0.15) is 35.9 Å². The fourth-order valence-corrected chi connectivity index (χ4v) is 4.36. The number of hydrogen-bond acceptors (Lipinski definition) is 8. The molecule has 0 fully saturated rings. The molecule has 0 radical (unpaired) electrons.